The van der Waals surface area contributed by atoms with Gasteiger partial charge in [-0.3, -0.25) is 0 Å². The van der Waals surface area contributed by atoms with E-state index in [2.05, 4.69) is 19.9 Å². The van der Waals surface area contributed by atoms with Gasteiger partial charge in [-0.2, -0.15) is 4.98 Å². The highest BCUT2D eigenvalue weighted by Crippen LogP contribution is 2.35. The zero-order valence-corrected chi connectivity index (χ0v) is 22.1. The summed E-state index contributed by atoms with van der Waals surface area (Å²) in [5.41, 5.74) is 6.71. The number of aromatic nitrogens is 4. The summed E-state index contributed by atoms with van der Waals surface area (Å²) in [5.74, 6) is 0.258. The average molecular weight is 524 g/mol. The molecular formula is C27H36N8O3. The molecule has 11 nitrogen and oxygen atoms in total. The molecule has 0 unspecified atom stereocenters. The molecule has 2 aliphatic rings. The van der Waals surface area contributed by atoms with Gasteiger partial charge in [-0.1, -0.05) is 12.8 Å². The molecule has 202 valence electrons. The summed E-state index contributed by atoms with van der Waals surface area (Å²) in [4.78, 5) is 43.4. The Morgan fingerprint density at radius 1 is 1.11 bits per heavy atom. The molecular weight excluding hydrogens is 484 g/mol. The van der Waals surface area contributed by atoms with Gasteiger partial charge in [0, 0.05) is 53.6 Å². The normalized spacial score (nSPS) is 18.2. The highest BCUT2D eigenvalue weighted by Gasteiger charge is 2.27. The molecule has 0 atom stereocenters. The molecule has 5 rings (SSSR count). The number of primary amides is 1. The molecule has 38 heavy (non-hydrogen) atoms. The Balaban J connectivity index is 1.38. The van der Waals surface area contributed by atoms with Gasteiger partial charge >= 0.3 is 12.1 Å². The van der Waals surface area contributed by atoms with Crippen molar-refractivity contribution in [1.29, 1.82) is 0 Å². The van der Waals surface area contributed by atoms with Crippen LogP contribution in [0.15, 0.2) is 30.6 Å². The summed E-state index contributed by atoms with van der Waals surface area (Å²) in [6, 6.07) is 4.30. The van der Waals surface area contributed by atoms with Crippen molar-refractivity contribution >= 4 is 40.6 Å². The molecule has 0 spiro atoms. The predicted octanol–water partition coefficient (Wildman–Crippen LogP) is 4.52. The smallest absolute Gasteiger partial charge is 0.410 e. The Morgan fingerprint density at radius 3 is 2.45 bits per heavy atom. The Kier molecular flexibility index (Phi) is 5.89. The number of hydrogen-bond acceptors (Lipinski definition) is 7. The maximum absolute atomic E-state index is 12.6. The summed E-state index contributed by atoms with van der Waals surface area (Å²) in [6.45, 7) is 5.43. The van der Waals surface area contributed by atoms with Crippen LogP contribution >= 0.6 is 0 Å². The number of hydrogen-bond donors (Lipinski definition) is 1. The van der Waals surface area contributed by atoms with E-state index in [1.807, 2.05) is 26.8 Å². The number of fused-ring (bicyclic) bond motifs is 1. The number of anilines is 3. The molecule has 1 aliphatic heterocycles. The predicted molar refractivity (Wildman–Crippen MR) is 146 cm³/mol. The van der Waals surface area contributed by atoms with Crippen LogP contribution in [0.4, 0.5) is 27.0 Å². The number of amides is 3. The molecule has 0 aromatic carbocycles. The first-order chi connectivity index (χ1) is 19.3. The Morgan fingerprint density at radius 2 is 1.84 bits per heavy atom. The Labute approximate surface area is 226 Å². The molecule has 4 heterocycles. The van der Waals surface area contributed by atoms with Crippen molar-refractivity contribution in [3.8, 4) is 0 Å². The molecule has 2 fully saturated rings. The van der Waals surface area contributed by atoms with Crippen molar-refractivity contribution in [3.05, 3.63) is 36.3 Å². The van der Waals surface area contributed by atoms with Gasteiger partial charge in [0.15, 0.2) is 0 Å². The quantitative estimate of drug-likeness (QED) is 0.533. The van der Waals surface area contributed by atoms with Crippen molar-refractivity contribution in [2.24, 2.45) is 5.73 Å². The number of carbonyl (C=O) groups is 2. The number of urea groups is 1. The van der Waals surface area contributed by atoms with Crippen LogP contribution in [0, 0.1) is 6.85 Å². The van der Waals surface area contributed by atoms with Gasteiger partial charge in [-0.05, 0) is 58.7 Å². The van der Waals surface area contributed by atoms with Gasteiger partial charge in [0.2, 0.25) is 5.95 Å². The summed E-state index contributed by atoms with van der Waals surface area (Å²) in [5, 5.41) is 0.588. The maximum atomic E-state index is 12.6. The summed E-state index contributed by atoms with van der Waals surface area (Å²) >= 11 is 0. The lowest BCUT2D eigenvalue weighted by atomic mass is 10.2. The van der Waals surface area contributed by atoms with E-state index < -0.39 is 18.5 Å². The van der Waals surface area contributed by atoms with Gasteiger partial charge in [0.25, 0.3) is 0 Å². The Bertz CT molecular complexity index is 1420. The van der Waals surface area contributed by atoms with Gasteiger partial charge in [0.1, 0.15) is 17.1 Å². The van der Waals surface area contributed by atoms with E-state index in [1.54, 1.807) is 27.8 Å². The lowest BCUT2D eigenvalue weighted by molar-refractivity contribution is 0.0240. The standard InChI is InChI=1S/C27H36N8O3/c1-18-15-19-16-30-25(31-23(19)34(18)20-7-5-6-8-20)35(24(28)36)22-10-9-21(17-29-22)32-11-13-33(14-12-32)26(37)38-27(2,3)4/h9-10,15-17,20H,5-8,11-14H2,1-4H3,(H2,28,36)/i1D3. The second-order valence-electron chi connectivity index (χ2n) is 10.8. The van der Waals surface area contributed by atoms with Crippen LogP contribution in [0.3, 0.4) is 0 Å². The number of nitrogens with zero attached hydrogens (tertiary/aromatic N) is 7. The average Bonchev–Trinajstić information content (AvgIpc) is 3.56. The van der Waals surface area contributed by atoms with E-state index >= 15 is 0 Å². The molecule has 1 aliphatic carbocycles. The zero-order chi connectivity index (χ0) is 29.5. The summed E-state index contributed by atoms with van der Waals surface area (Å²) < 4.78 is 31.4. The molecule has 3 aromatic rings. The highest BCUT2D eigenvalue weighted by atomic mass is 16.6. The molecule has 0 bridgehead atoms. The Hall–Kier alpha value is -3.89. The van der Waals surface area contributed by atoms with Crippen molar-refractivity contribution in [2.75, 3.05) is 36.0 Å². The van der Waals surface area contributed by atoms with E-state index in [9.17, 15) is 9.59 Å². The molecule has 3 aromatic heterocycles. The van der Waals surface area contributed by atoms with Crippen LogP contribution in [0.5, 0.6) is 0 Å². The van der Waals surface area contributed by atoms with Gasteiger partial charge in [-0.25, -0.2) is 24.5 Å². The molecule has 11 heteroatoms. The second-order valence-corrected chi connectivity index (χ2v) is 10.8. The highest BCUT2D eigenvalue weighted by molar-refractivity contribution is 5.96. The number of pyridine rings is 1. The fourth-order valence-electron chi connectivity index (χ4n) is 5.12. The fraction of sp³-hybridized carbons (Fsp3) is 0.519. The van der Waals surface area contributed by atoms with Crippen LogP contribution in [0.2, 0.25) is 0 Å². The van der Waals surface area contributed by atoms with E-state index in [4.69, 9.17) is 14.6 Å². The molecule has 2 N–H and O–H groups in total. The fourth-order valence-corrected chi connectivity index (χ4v) is 5.12. The molecule has 1 saturated heterocycles. The van der Waals surface area contributed by atoms with Crippen LogP contribution < -0.4 is 15.5 Å². The zero-order valence-electron chi connectivity index (χ0n) is 25.1. The lowest BCUT2D eigenvalue weighted by Crippen LogP contribution is -2.50. The van der Waals surface area contributed by atoms with Crippen molar-refractivity contribution in [2.45, 2.75) is 64.9 Å². The first-order valence-corrected chi connectivity index (χ1v) is 13.0. The first kappa shape index (κ1) is 22.1. The maximum Gasteiger partial charge on any atom is 0.410 e. The minimum Gasteiger partial charge on any atom is -0.444 e. The number of piperazine rings is 1. The summed E-state index contributed by atoms with van der Waals surface area (Å²) in [7, 11) is 0. The van der Waals surface area contributed by atoms with E-state index in [0.29, 0.717) is 37.2 Å². The van der Waals surface area contributed by atoms with Gasteiger partial charge in [-0.15, -0.1) is 0 Å². The third-order valence-corrected chi connectivity index (χ3v) is 6.93. The number of carbonyl (C=O) groups excluding carboxylic acids is 2. The lowest BCUT2D eigenvalue weighted by Gasteiger charge is -2.36. The minimum atomic E-state index is -2.32. The number of nitrogens with two attached hydrogens (primary N) is 1. The second kappa shape index (κ2) is 10.1. The largest absolute Gasteiger partial charge is 0.444 e. The molecule has 3 amide bonds. The number of rotatable bonds is 4. The third-order valence-electron chi connectivity index (χ3n) is 6.93. The van der Waals surface area contributed by atoms with Crippen LogP contribution in [0.25, 0.3) is 11.0 Å². The molecule has 1 saturated carbocycles. The van der Waals surface area contributed by atoms with E-state index in [0.717, 1.165) is 36.3 Å². The summed E-state index contributed by atoms with van der Waals surface area (Å²) in [6.07, 6.45) is 6.59. The van der Waals surface area contributed by atoms with Crippen molar-refractivity contribution in [1.82, 2.24) is 24.4 Å². The van der Waals surface area contributed by atoms with Gasteiger partial charge < -0.3 is 24.8 Å². The number of ether oxygens (including phenoxy) is 1. The van der Waals surface area contributed by atoms with Gasteiger partial charge in [0.05, 0.1) is 11.9 Å². The monoisotopic (exact) mass is 523 g/mol. The number of aryl methyl sites for hydroxylation is 1. The first-order valence-electron chi connectivity index (χ1n) is 14.5. The van der Waals surface area contributed by atoms with Crippen molar-refractivity contribution < 1.29 is 18.4 Å². The van der Waals surface area contributed by atoms with Crippen molar-refractivity contribution in [3.63, 3.8) is 0 Å². The van der Waals surface area contributed by atoms with Crippen LogP contribution in [0.1, 0.15) is 62.3 Å². The van der Waals surface area contributed by atoms with Crippen LogP contribution in [-0.2, 0) is 4.74 Å². The SMILES string of the molecule is [2H]C([2H])([2H])c1cc2cnc(N(C(N)=O)c3ccc(N4CCN(C(=O)OC(C)(C)C)CC4)cn3)nc2n1C1CCCC1. The minimum absolute atomic E-state index is 0.0147. The van der Waals surface area contributed by atoms with E-state index in [-0.39, 0.29) is 29.6 Å². The third kappa shape index (κ3) is 5.23. The van der Waals surface area contributed by atoms with E-state index in [1.165, 1.54) is 6.20 Å². The molecule has 0 radical (unpaired) electrons. The van der Waals surface area contributed by atoms with Crippen LogP contribution in [-0.4, -0.2) is 68.3 Å². The topological polar surface area (TPSA) is 123 Å².